The fraction of sp³-hybridized carbons (Fsp3) is 0.333. The van der Waals surface area contributed by atoms with Crippen molar-refractivity contribution < 1.29 is 27.8 Å². The van der Waals surface area contributed by atoms with E-state index in [-0.39, 0.29) is 18.1 Å². The summed E-state index contributed by atoms with van der Waals surface area (Å²) in [6.45, 7) is 7.34. The van der Waals surface area contributed by atoms with Gasteiger partial charge < -0.3 is 19.5 Å². The van der Waals surface area contributed by atoms with Gasteiger partial charge in [0.15, 0.2) is 0 Å². The lowest BCUT2D eigenvalue weighted by molar-refractivity contribution is -0.274. The van der Waals surface area contributed by atoms with Gasteiger partial charge in [0.1, 0.15) is 23.9 Å². The molecular weight excluding hydrogens is 457 g/mol. The van der Waals surface area contributed by atoms with Crippen molar-refractivity contribution in [2.24, 2.45) is 0 Å². The van der Waals surface area contributed by atoms with E-state index >= 15 is 0 Å². The molecule has 0 radical (unpaired) electrons. The minimum atomic E-state index is -4.70. The number of piperazine rings is 1. The highest BCUT2D eigenvalue weighted by molar-refractivity contribution is 5.49. The second-order valence-corrected chi connectivity index (χ2v) is 8.92. The third kappa shape index (κ3) is 6.82. The molecule has 3 aromatic rings. The Kier molecular flexibility index (Phi) is 7.40. The molecule has 0 saturated carbocycles. The quantitative estimate of drug-likeness (QED) is 0.446. The van der Waals surface area contributed by atoms with Gasteiger partial charge in [-0.2, -0.15) is 0 Å². The minimum Gasteiger partial charge on any atom is -0.508 e. The summed E-state index contributed by atoms with van der Waals surface area (Å²) in [7, 11) is 0. The van der Waals surface area contributed by atoms with Crippen molar-refractivity contribution in [1.29, 1.82) is 0 Å². The molecule has 186 valence electrons. The Balaban J connectivity index is 1.29. The second-order valence-electron chi connectivity index (χ2n) is 8.92. The number of hydrogen-bond acceptors (Lipinski definition) is 5. The molecule has 1 aliphatic heterocycles. The zero-order valence-corrected chi connectivity index (χ0v) is 19.7. The summed E-state index contributed by atoms with van der Waals surface area (Å²) < 4.78 is 46.5. The van der Waals surface area contributed by atoms with Gasteiger partial charge in [-0.3, -0.25) is 4.90 Å². The van der Waals surface area contributed by atoms with Crippen LogP contribution in [-0.2, 0) is 13.2 Å². The summed E-state index contributed by atoms with van der Waals surface area (Å²) in [5.41, 5.74) is 3.05. The molecule has 0 amide bonds. The van der Waals surface area contributed by atoms with E-state index in [0.717, 1.165) is 30.9 Å². The molecule has 5 nitrogen and oxygen atoms in total. The Morgan fingerprint density at radius 2 is 1.34 bits per heavy atom. The fourth-order valence-corrected chi connectivity index (χ4v) is 4.40. The molecule has 0 bridgehead atoms. The van der Waals surface area contributed by atoms with Crippen molar-refractivity contribution in [2.75, 3.05) is 18.0 Å². The first-order chi connectivity index (χ1) is 16.7. The van der Waals surface area contributed by atoms with Gasteiger partial charge in [-0.25, -0.2) is 0 Å². The number of halogens is 3. The molecule has 3 aromatic carbocycles. The molecule has 2 atom stereocenters. The molecule has 1 N–H and O–H groups in total. The third-order valence-electron chi connectivity index (χ3n) is 6.17. The van der Waals surface area contributed by atoms with Crippen LogP contribution in [0.4, 0.5) is 18.9 Å². The van der Waals surface area contributed by atoms with Crippen molar-refractivity contribution in [1.82, 2.24) is 4.90 Å². The Hall–Kier alpha value is -3.39. The van der Waals surface area contributed by atoms with Crippen LogP contribution in [0.5, 0.6) is 17.2 Å². The van der Waals surface area contributed by atoms with Crippen molar-refractivity contribution in [3.8, 4) is 17.2 Å². The largest absolute Gasteiger partial charge is 0.573 e. The van der Waals surface area contributed by atoms with Crippen molar-refractivity contribution in [2.45, 2.75) is 45.4 Å². The van der Waals surface area contributed by atoms with E-state index in [1.807, 2.05) is 36.4 Å². The molecule has 0 aliphatic carbocycles. The Labute approximate surface area is 203 Å². The smallest absolute Gasteiger partial charge is 0.508 e. The topological polar surface area (TPSA) is 45.2 Å². The zero-order valence-electron chi connectivity index (χ0n) is 19.7. The normalized spacial score (nSPS) is 18.9. The summed E-state index contributed by atoms with van der Waals surface area (Å²) in [5.74, 6) is 0.718. The van der Waals surface area contributed by atoms with Crippen LogP contribution in [-0.4, -0.2) is 41.5 Å². The van der Waals surface area contributed by atoms with Crippen molar-refractivity contribution in [3.05, 3.63) is 83.9 Å². The summed E-state index contributed by atoms with van der Waals surface area (Å²) in [6.07, 6.45) is -4.70. The third-order valence-corrected chi connectivity index (χ3v) is 6.17. The maximum absolute atomic E-state index is 12.3. The standard InChI is InChI=1S/C27H29F3N2O3/c1-19-15-31(23-7-9-24(33)10-8-23)16-20(2)32(19)17-21-3-11-25(12-4-21)34-18-22-5-13-26(14-6-22)35-27(28,29)30/h3-14,19-20,33H,15-18H2,1-2H3/t19-,20+. The van der Waals surface area contributed by atoms with E-state index in [1.54, 1.807) is 24.3 Å². The molecule has 0 aromatic heterocycles. The van der Waals surface area contributed by atoms with E-state index in [0.29, 0.717) is 17.8 Å². The van der Waals surface area contributed by atoms with Crippen LogP contribution in [0.25, 0.3) is 0 Å². The molecule has 0 spiro atoms. The number of phenols is 1. The van der Waals surface area contributed by atoms with E-state index in [4.69, 9.17) is 4.74 Å². The number of alkyl halides is 3. The fourth-order valence-electron chi connectivity index (χ4n) is 4.40. The number of aromatic hydroxyl groups is 1. The maximum Gasteiger partial charge on any atom is 0.573 e. The zero-order chi connectivity index (χ0) is 25.0. The second kappa shape index (κ2) is 10.5. The average Bonchev–Trinajstić information content (AvgIpc) is 2.81. The van der Waals surface area contributed by atoms with E-state index < -0.39 is 6.36 Å². The van der Waals surface area contributed by atoms with Crippen LogP contribution >= 0.6 is 0 Å². The van der Waals surface area contributed by atoms with Crippen molar-refractivity contribution in [3.63, 3.8) is 0 Å². The molecule has 4 rings (SSSR count). The van der Waals surface area contributed by atoms with Gasteiger partial charge in [0.05, 0.1) is 0 Å². The number of hydrogen-bond donors (Lipinski definition) is 1. The summed E-state index contributed by atoms with van der Waals surface area (Å²) in [4.78, 5) is 4.83. The Morgan fingerprint density at radius 3 is 1.91 bits per heavy atom. The summed E-state index contributed by atoms with van der Waals surface area (Å²) in [5, 5.41) is 9.55. The summed E-state index contributed by atoms with van der Waals surface area (Å²) in [6, 6.07) is 21.6. The molecule has 8 heteroatoms. The summed E-state index contributed by atoms with van der Waals surface area (Å²) >= 11 is 0. The van der Waals surface area contributed by atoms with Crippen LogP contribution in [0.15, 0.2) is 72.8 Å². The SMILES string of the molecule is C[C@@H]1CN(c2ccc(O)cc2)C[C@H](C)N1Cc1ccc(OCc2ccc(OC(F)(F)F)cc2)cc1. The number of phenolic OH excluding ortho intramolecular Hbond substituents is 1. The molecule has 1 heterocycles. The Bertz CT molecular complexity index is 1070. The Morgan fingerprint density at radius 1 is 0.800 bits per heavy atom. The predicted octanol–water partition coefficient (Wildman–Crippen LogP) is 5.97. The first-order valence-electron chi connectivity index (χ1n) is 11.5. The van der Waals surface area contributed by atoms with Gasteiger partial charge in [-0.15, -0.1) is 13.2 Å². The molecular formula is C27H29F3N2O3. The van der Waals surface area contributed by atoms with E-state index in [1.165, 1.54) is 17.7 Å². The lowest BCUT2D eigenvalue weighted by Crippen LogP contribution is -2.56. The van der Waals surface area contributed by atoms with Crippen LogP contribution in [0.1, 0.15) is 25.0 Å². The van der Waals surface area contributed by atoms with Gasteiger partial charge in [-0.1, -0.05) is 24.3 Å². The highest BCUT2D eigenvalue weighted by atomic mass is 19.4. The molecule has 1 aliphatic rings. The van der Waals surface area contributed by atoms with Gasteiger partial charge in [-0.05, 0) is 73.5 Å². The lowest BCUT2D eigenvalue weighted by atomic mass is 10.0. The van der Waals surface area contributed by atoms with Crippen LogP contribution < -0.4 is 14.4 Å². The highest BCUT2D eigenvalue weighted by Crippen LogP contribution is 2.27. The van der Waals surface area contributed by atoms with E-state index in [2.05, 4.69) is 28.4 Å². The van der Waals surface area contributed by atoms with Crippen molar-refractivity contribution >= 4 is 5.69 Å². The van der Waals surface area contributed by atoms with Gasteiger partial charge in [0, 0.05) is 37.4 Å². The first-order valence-corrected chi connectivity index (χ1v) is 11.5. The first kappa shape index (κ1) is 24.7. The number of anilines is 1. The molecule has 35 heavy (non-hydrogen) atoms. The van der Waals surface area contributed by atoms with Gasteiger partial charge in [0.2, 0.25) is 0 Å². The van der Waals surface area contributed by atoms with Crippen LogP contribution in [0.2, 0.25) is 0 Å². The average molecular weight is 487 g/mol. The lowest BCUT2D eigenvalue weighted by Gasteiger charge is -2.45. The van der Waals surface area contributed by atoms with Gasteiger partial charge in [0.25, 0.3) is 0 Å². The van der Waals surface area contributed by atoms with Gasteiger partial charge >= 0.3 is 6.36 Å². The number of benzene rings is 3. The van der Waals surface area contributed by atoms with E-state index in [9.17, 15) is 18.3 Å². The molecule has 1 fully saturated rings. The highest BCUT2D eigenvalue weighted by Gasteiger charge is 2.31. The van der Waals surface area contributed by atoms with Crippen LogP contribution in [0.3, 0.4) is 0 Å². The molecule has 1 saturated heterocycles. The molecule has 0 unspecified atom stereocenters. The number of nitrogens with zero attached hydrogens (tertiary/aromatic N) is 2. The monoisotopic (exact) mass is 486 g/mol. The maximum atomic E-state index is 12.3. The van der Waals surface area contributed by atoms with Crippen LogP contribution in [0, 0.1) is 0 Å². The number of rotatable bonds is 7. The predicted molar refractivity (Wildman–Crippen MR) is 129 cm³/mol. The minimum absolute atomic E-state index is 0.249. The number of ether oxygens (including phenoxy) is 2.